The number of methoxy groups -OCH3 is 1. The number of ether oxygens (including phenoxy) is 2. The number of aromatic nitrogens is 4. The molecule has 3 N–H and O–H groups in total. The molecule has 0 bridgehead atoms. The predicted octanol–water partition coefficient (Wildman–Crippen LogP) is 3.96. The molecule has 182 valence electrons. The Bertz CT molecular complexity index is 1350. The van der Waals surface area contributed by atoms with Crippen molar-refractivity contribution in [1.29, 1.82) is 5.41 Å². The van der Waals surface area contributed by atoms with Crippen LogP contribution in [0.15, 0.2) is 59.8 Å². The van der Waals surface area contributed by atoms with Gasteiger partial charge in [0, 0.05) is 25.0 Å². The van der Waals surface area contributed by atoms with Gasteiger partial charge in [0.1, 0.15) is 17.0 Å². The molecule has 1 amide bonds. The molecular weight excluding hydrogens is 464 g/mol. The lowest BCUT2D eigenvalue weighted by Crippen LogP contribution is -2.35. The van der Waals surface area contributed by atoms with Crippen LogP contribution in [0, 0.1) is 12.3 Å². The Morgan fingerprint density at radius 2 is 1.89 bits per heavy atom. The van der Waals surface area contributed by atoms with Gasteiger partial charge in [0.05, 0.1) is 17.2 Å². The maximum Gasteiger partial charge on any atom is 0.233 e. The molecule has 0 saturated heterocycles. The molecule has 0 aliphatic heterocycles. The van der Waals surface area contributed by atoms with E-state index in [1.54, 1.807) is 11.7 Å². The second-order valence-corrected chi connectivity index (χ2v) is 9.00. The highest BCUT2D eigenvalue weighted by molar-refractivity contribution is 8.00. The lowest BCUT2D eigenvalue weighted by atomic mass is 10.2. The van der Waals surface area contributed by atoms with Crippen molar-refractivity contribution in [3.8, 4) is 17.2 Å². The fourth-order valence-corrected chi connectivity index (χ4v) is 4.63. The average Bonchev–Trinajstić information content (AvgIpc) is 3.24. The topological polar surface area (TPSA) is 118 Å². The van der Waals surface area contributed by atoms with Crippen molar-refractivity contribution in [3.63, 3.8) is 0 Å². The molecule has 4 aromatic rings. The van der Waals surface area contributed by atoms with Crippen LogP contribution in [0.2, 0.25) is 0 Å². The summed E-state index contributed by atoms with van der Waals surface area (Å²) in [7, 11) is 1.60. The van der Waals surface area contributed by atoms with Crippen LogP contribution in [-0.2, 0) is 9.53 Å². The van der Waals surface area contributed by atoms with Crippen molar-refractivity contribution >= 4 is 28.7 Å². The Morgan fingerprint density at radius 3 is 2.57 bits per heavy atom. The Labute approximate surface area is 207 Å². The predicted molar refractivity (Wildman–Crippen MR) is 135 cm³/mol. The first kappa shape index (κ1) is 24.5. The highest BCUT2D eigenvalue weighted by Crippen LogP contribution is 2.28. The van der Waals surface area contributed by atoms with Gasteiger partial charge >= 0.3 is 0 Å². The van der Waals surface area contributed by atoms with Crippen molar-refractivity contribution in [2.45, 2.75) is 30.7 Å². The number of nitrogens with zero attached hydrogens (tertiary/aromatic N) is 3. The summed E-state index contributed by atoms with van der Waals surface area (Å²) >= 11 is 1.32. The van der Waals surface area contributed by atoms with E-state index in [-0.39, 0.29) is 16.6 Å². The monoisotopic (exact) mass is 492 g/mol. The third-order valence-corrected chi connectivity index (χ3v) is 6.69. The number of carbonyl (C=O) groups excluding carboxylic acids is 1. The molecule has 0 unspecified atom stereocenters. The fourth-order valence-electron chi connectivity index (χ4n) is 3.57. The highest BCUT2D eigenvalue weighted by atomic mass is 32.2. The average molecular weight is 493 g/mol. The summed E-state index contributed by atoms with van der Waals surface area (Å²) in [6.45, 7) is 4.69. The van der Waals surface area contributed by atoms with Crippen molar-refractivity contribution in [2.75, 3.05) is 20.3 Å². The Kier molecular flexibility index (Phi) is 7.84. The van der Waals surface area contributed by atoms with Gasteiger partial charge in [-0.2, -0.15) is 5.10 Å². The second-order valence-electron chi connectivity index (χ2n) is 7.83. The summed E-state index contributed by atoms with van der Waals surface area (Å²) < 4.78 is 12.7. The van der Waals surface area contributed by atoms with E-state index in [1.165, 1.54) is 11.8 Å². The van der Waals surface area contributed by atoms with Crippen molar-refractivity contribution in [3.05, 3.63) is 65.8 Å². The third kappa shape index (κ3) is 5.55. The van der Waals surface area contributed by atoms with Gasteiger partial charge in [0.2, 0.25) is 5.91 Å². The molecule has 1 atom stereocenters. The first-order valence-electron chi connectivity index (χ1n) is 11.3. The maximum atomic E-state index is 12.8. The van der Waals surface area contributed by atoms with E-state index >= 15 is 0 Å². The largest absolute Gasteiger partial charge is 0.457 e. The fraction of sp³-hybridized carbons (Fsp3) is 0.280. The SMILES string of the molecule is CC[C@H](Sc1nc2n[nH]c(C)c2c(=N)n1-c1ccc(Oc2ccccc2)cc1)C(=O)NCCOC. The van der Waals surface area contributed by atoms with E-state index in [4.69, 9.17) is 19.9 Å². The molecule has 2 heterocycles. The molecular formula is C25H28N6O3S. The number of aryl methyl sites for hydroxylation is 1. The molecule has 10 heteroatoms. The van der Waals surface area contributed by atoms with E-state index < -0.39 is 0 Å². The number of aromatic amines is 1. The van der Waals surface area contributed by atoms with Crippen molar-refractivity contribution in [2.24, 2.45) is 0 Å². The standard InChI is InChI=1S/C25H28N6O3S/c1-4-20(24(32)27-14-15-33-3)35-25-28-23-21(16(2)29-30-23)22(26)31(25)17-10-12-19(13-11-17)34-18-8-6-5-7-9-18/h5-13,20,26H,4,14-15H2,1-3H3,(H,27,32)(H,29,30)/t20-/m0/s1. The Balaban J connectivity index is 1.70. The summed E-state index contributed by atoms with van der Waals surface area (Å²) in [6.07, 6.45) is 0.597. The van der Waals surface area contributed by atoms with E-state index in [0.29, 0.717) is 41.5 Å². The minimum atomic E-state index is -0.386. The van der Waals surface area contributed by atoms with Crippen LogP contribution in [0.3, 0.4) is 0 Å². The third-order valence-electron chi connectivity index (χ3n) is 5.37. The summed E-state index contributed by atoms with van der Waals surface area (Å²) in [5.74, 6) is 1.32. The Hall–Kier alpha value is -3.63. The van der Waals surface area contributed by atoms with Gasteiger partial charge in [-0.25, -0.2) is 4.98 Å². The number of benzene rings is 2. The zero-order valence-electron chi connectivity index (χ0n) is 19.9. The second kappa shape index (κ2) is 11.2. The smallest absolute Gasteiger partial charge is 0.233 e. The molecule has 0 fully saturated rings. The molecule has 0 aliphatic rings. The van der Waals surface area contributed by atoms with Crippen LogP contribution >= 0.6 is 11.8 Å². The molecule has 0 radical (unpaired) electrons. The van der Waals surface area contributed by atoms with Crippen LogP contribution in [0.1, 0.15) is 19.0 Å². The number of para-hydroxylation sites is 1. The Morgan fingerprint density at radius 1 is 1.17 bits per heavy atom. The van der Waals surface area contributed by atoms with Gasteiger partial charge in [0.25, 0.3) is 0 Å². The van der Waals surface area contributed by atoms with Crippen LogP contribution in [0.5, 0.6) is 11.5 Å². The molecule has 0 saturated carbocycles. The molecule has 9 nitrogen and oxygen atoms in total. The summed E-state index contributed by atoms with van der Waals surface area (Å²) in [6, 6.07) is 17.0. The van der Waals surface area contributed by atoms with Crippen LogP contribution in [0.25, 0.3) is 16.7 Å². The number of nitrogens with one attached hydrogen (secondary N) is 3. The number of fused-ring (bicyclic) bond motifs is 1. The lowest BCUT2D eigenvalue weighted by molar-refractivity contribution is -0.120. The number of hydrogen-bond donors (Lipinski definition) is 3. The number of rotatable bonds is 10. The lowest BCUT2D eigenvalue weighted by Gasteiger charge is -2.18. The summed E-state index contributed by atoms with van der Waals surface area (Å²) in [5, 5.41) is 19.8. The summed E-state index contributed by atoms with van der Waals surface area (Å²) in [5.41, 5.74) is 2.19. The molecule has 2 aromatic heterocycles. The van der Waals surface area contributed by atoms with Gasteiger partial charge < -0.3 is 14.8 Å². The van der Waals surface area contributed by atoms with Gasteiger partial charge in [-0.3, -0.25) is 19.9 Å². The van der Waals surface area contributed by atoms with Crippen LogP contribution < -0.4 is 15.5 Å². The van der Waals surface area contributed by atoms with Gasteiger partial charge in [0.15, 0.2) is 10.8 Å². The van der Waals surface area contributed by atoms with E-state index in [0.717, 1.165) is 17.1 Å². The highest BCUT2D eigenvalue weighted by Gasteiger charge is 2.23. The van der Waals surface area contributed by atoms with Crippen LogP contribution in [-0.4, -0.2) is 51.2 Å². The zero-order chi connectivity index (χ0) is 24.8. The van der Waals surface area contributed by atoms with Gasteiger partial charge in [-0.1, -0.05) is 36.9 Å². The van der Waals surface area contributed by atoms with E-state index in [1.807, 2.05) is 68.4 Å². The van der Waals surface area contributed by atoms with Crippen LogP contribution in [0.4, 0.5) is 0 Å². The minimum Gasteiger partial charge on any atom is -0.457 e. The normalized spacial score (nSPS) is 12.0. The maximum absolute atomic E-state index is 12.8. The number of H-pyrrole nitrogens is 1. The molecule has 35 heavy (non-hydrogen) atoms. The van der Waals surface area contributed by atoms with Gasteiger partial charge in [-0.05, 0) is 49.7 Å². The number of hydrogen-bond acceptors (Lipinski definition) is 7. The number of thioether (sulfide) groups is 1. The minimum absolute atomic E-state index is 0.0978. The van der Waals surface area contributed by atoms with Crippen molar-refractivity contribution < 1.29 is 14.3 Å². The molecule has 0 spiro atoms. The quantitative estimate of drug-likeness (QED) is 0.175. The molecule has 0 aliphatic carbocycles. The van der Waals surface area contributed by atoms with Crippen molar-refractivity contribution in [1.82, 2.24) is 25.1 Å². The zero-order valence-corrected chi connectivity index (χ0v) is 20.7. The van der Waals surface area contributed by atoms with E-state index in [2.05, 4.69) is 15.5 Å². The molecule has 2 aromatic carbocycles. The first-order chi connectivity index (χ1) is 17.0. The van der Waals surface area contributed by atoms with Gasteiger partial charge in [-0.15, -0.1) is 0 Å². The first-order valence-corrected chi connectivity index (χ1v) is 12.2. The number of carbonyl (C=O) groups is 1. The molecule has 4 rings (SSSR count). The number of amides is 1. The summed E-state index contributed by atoms with van der Waals surface area (Å²) in [4.78, 5) is 17.5. The van der Waals surface area contributed by atoms with E-state index in [9.17, 15) is 4.79 Å².